The molecule has 0 bridgehead atoms. The van der Waals surface area contributed by atoms with Crippen molar-refractivity contribution in [3.05, 3.63) is 29.7 Å². The molecule has 0 aliphatic heterocycles. The average Bonchev–Trinajstić information content (AvgIpc) is 2.49. The lowest BCUT2D eigenvalue weighted by atomic mass is 10.3. The number of aryl methyl sites for hydroxylation is 1. The van der Waals surface area contributed by atoms with Crippen LogP contribution in [0.15, 0.2) is 22.7 Å². The van der Waals surface area contributed by atoms with Crippen molar-refractivity contribution >= 4 is 0 Å². The molecule has 0 aliphatic carbocycles. The predicted octanol–water partition coefficient (Wildman–Crippen LogP) is 2.38. The van der Waals surface area contributed by atoms with Gasteiger partial charge in [-0.25, -0.2) is 0 Å². The number of likely N-dealkylation sites (N-methyl/N-ethyl adjacent to an activating group) is 1. The summed E-state index contributed by atoms with van der Waals surface area (Å²) in [5, 5.41) is 3.96. The van der Waals surface area contributed by atoms with Crippen LogP contribution in [-0.2, 0) is 6.54 Å². The van der Waals surface area contributed by atoms with Crippen LogP contribution in [0, 0.1) is 6.92 Å². The Labute approximate surface area is 85.4 Å². The molecule has 1 heterocycles. The fraction of sp³-hybridized carbons (Fsp3) is 0.545. The Balaban J connectivity index is 2.52. The molecule has 1 rings (SSSR count). The molecule has 0 saturated carbocycles. The summed E-state index contributed by atoms with van der Waals surface area (Å²) in [5.41, 5.74) is 2.16. The van der Waals surface area contributed by atoms with E-state index in [1.54, 1.807) is 0 Å². The second kappa shape index (κ2) is 4.96. The van der Waals surface area contributed by atoms with Crippen molar-refractivity contribution in [3.8, 4) is 0 Å². The van der Waals surface area contributed by atoms with Gasteiger partial charge in [0, 0.05) is 19.2 Å². The quantitative estimate of drug-likeness (QED) is 0.674. The molecule has 0 atom stereocenters. The van der Waals surface area contributed by atoms with Crippen LogP contribution in [0.5, 0.6) is 0 Å². The molecular weight excluding hydrogens is 176 g/mol. The summed E-state index contributed by atoms with van der Waals surface area (Å²) in [7, 11) is 0. The molecule has 78 valence electrons. The van der Waals surface area contributed by atoms with E-state index in [9.17, 15) is 0 Å². The van der Waals surface area contributed by atoms with Crippen molar-refractivity contribution in [2.45, 2.75) is 27.3 Å². The van der Waals surface area contributed by atoms with Gasteiger partial charge in [-0.3, -0.25) is 4.90 Å². The minimum absolute atomic E-state index is 0.834. The largest absolute Gasteiger partial charge is 0.361 e. The van der Waals surface area contributed by atoms with Crippen LogP contribution in [-0.4, -0.2) is 23.1 Å². The van der Waals surface area contributed by atoms with Crippen LogP contribution in [0.1, 0.15) is 25.3 Å². The lowest BCUT2D eigenvalue weighted by molar-refractivity contribution is 0.290. The fourth-order valence-electron chi connectivity index (χ4n) is 1.38. The van der Waals surface area contributed by atoms with Crippen LogP contribution < -0.4 is 0 Å². The minimum Gasteiger partial charge on any atom is -0.361 e. The molecule has 3 heteroatoms. The van der Waals surface area contributed by atoms with Crippen LogP contribution in [0.25, 0.3) is 0 Å². The SMILES string of the molecule is C=C(C)CN(CC)Cc1cc(C)on1. The molecular formula is C11H18N2O. The van der Waals surface area contributed by atoms with E-state index in [1.165, 1.54) is 5.57 Å². The maximum Gasteiger partial charge on any atom is 0.133 e. The van der Waals surface area contributed by atoms with Crippen LogP contribution in [0.3, 0.4) is 0 Å². The summed E-state index contributed by atoms with van der Waals surface area (Å²) in [6.07, 6.45) is 0. The minimum atomic E-state index is 0.834. The van der Waals surface area contributed by atoms with Gasteiger partial charge in [0.1, 0.15) is 5.76 Å². The maximum atomic E-state index is 5.02. The number of aromatic nitrogens is 1. The predicted molar refractivity (Wildman–Crippen MR) is 57.0 cm³/mol. The van der Waals surface area contributed by atoms with Gasteiger partial charge in [0.25, 0.3) is 0 Å². The molecule has 0 spiro atoms. The number of hydrogen-bond acceptors (Lipinski definition) is 3. The van der Waals surface area contributed by atoms with Gasteiger partial charge in [0.05, 0.1) is 5.69 Å². The second-order valence-corrected chi connectivity index (χ2v) is 3.69. The Morgan fingerprint density at radius 3 is 2.79 bits per heavy atom. The smallest absolute Gasteiger partial charge is 0.133 e. The number of hydrogen-bond donors (Lipinski definition) is 0. The van der Waals surface area contributed by atoms with Crippen molar-refractivity contribution in [3.63, 3.8) is 0 Å². The molecule has 1 aromatic heterocycles. The summed E-state index contributed by atoms with van der Waals surface area (Å²) in [6, 6.07) is 1.97. The van der Waals surface area contributed by atoms with E-state index in [2.05, 4.69) is 23.6 Å². The Hall–Kier alpha value is -1.09. The van der Waals surface area contributed by atoms with Crippen LogP contribution in [0.2, 0.25) is 0 Å². The molecule has 0 N–H and O–H groups in total. The van der Waals surface area contributed by atoms with Gasteiger partial charge in [-0.1, -0.05) is 24.2 Å². The first kappa shape index (κ1) is 11.0. The zero-order valence-corrected chi connectivity index (χ0v) is 9.21. The summed E-state index contributed by atoms with van der Waals surface area (Å²) in [5.74, 6) is 0.867. The average molecular weight is 194 g/mol. The van der Waals surface area contributed by atoms with E-state index < -0.39 is 0 Å². The Morgan fingerprint density at radius 1 is 1.64 bits per heavy atom. The highest BCUT2D eigenvalue weighted by atomic mass is 16.5. The zero-order valence-electron chi connectivity index (χ0n) is 9.21. The van der Waals surface area contributed by atoms with E-state index in [4.69, 9.17) is 4.52 Å². The van der Waals surface area contributed by atoms with Crippen LogP contribution in [0.4, 0.5) is 0 Å². The molecule has 0 radical (unpaired) electrons. The standard InChI is InChI=1S/C11H18N2O/c1-5-13(7-9(2)3)8-11-6-10(4)14-12-11/h6H,2,5,7-8H2,1,3-4H3. The van der Waals surface area contributed by atoms with Crippen molar-refractivity contribution < 1.29 is 4.52 Å². The van der Waals surface area contributed by atoms with E-state index >= 15 is 0 Å². The fourth-order valence-corrected chi connectivity index (χ4v) is 1.38. The van der Waals surface area contributed by atoms with Gasteiger partial charge >= 0.3 is 0 Å². The highest BCUT2D eigenvalue weighted by Gasteiger charge is 2.06. The van der Waals surface area contributed by atoms with Crippen molar-refractivity contribution in [2.24, 2.45) is 0 Å². The van der Waals surface area contributed by atoms with Gasteiger partial charge in [0.2, 0.25) is 0 Å². The lowest BCUT2D eigenvalue weighted by Gasteiger charge is -2.18. The van der Waals surface area contributed by atoms with E-state index in [0.717, 1.165) is 31.1 Å². The Morgan fingerprint density at radius 2 is 2.36 bits per heavy atom. The van der Waals surface area contributed by atoms with Gasteiger partial charge in [-0.05, 0) is 20.4 Å². The van der Waals surface area contributed by atoms with Gasteiger partial charge in [0.15, 0.2) is 0 Å². The van der Waals surface area contributed by atoms with Crippen molar-refractivity contribution in [1.29, 1.82) is 0 Å². The second-order valence-electron chi connectivity index (χ2n) is 3.69. The van der Waals surface area contributed by atoms with Gasteiger partial charge < -0.3 is 4.52 Å². The topological polar surface area (TPSA) is 29.3 Å². The first-order chi connectivity index (χ1) is 6.61. The van der Waals surface area contributed by atoms with Crippen molar-refractivity contribution in [2.75, 3.05) is 13.1 Å². The molecule has 0 aromatic carbocycles. The Kier molecular flexibility index (Phi) is 3.89. The molecule has 0 aliphatic rings. The molecule has 3 nitrogen and oxygen atoms in total. The summed E-state index contributed by atoms with van der Waals surface area (Å²) < 4.78 is 5.02. The first-order valence-electron chi connectivity index (χ1n) is 4.90. The van der Waals surface area contributed by atoms with E-state index in [-0.39, 0.29) is 0 Å². The molecule has 0 amide bonds. The summed E-state index contributed by atoms with van der Waals surface area (Å²) >= 11 is 0. The molecule has 0 unspecified atom stereocenters. The third-order valence-electron chi connectivity index (χ3n) is 2.00. The highest BCUT2D eigenvalue weighted by molar-refractivity contribution is 5.04. The normalized spacial score (nSPS) is 10.9. The number of rotatable bonds is 5. The molecule has 14 heavy (non-hydrogen) atoms. The maximum absolute atomic E-state index is 5.02. The molecule has 0 saturated heterocycles. The third-order valence-corrected chi connectivity index (χ3v) is 2.00. The van der Waals surface area contributed by atoms with Gasteiger partial charge in [-0.15, -0.1) is 0 Å². The summed E-state index contributed by atoms with van der Waals surface area (Å²) in [6.45, 7) is 12.7. The Bertz CT molecular complexity index is 304. The number of nitrogens with zero attached hydrogens (tertiary/aromatic N) is 2. The zero-order chi connectivity index (χ0) is 10.6. The van der Waals surface area contributed by atoms with Crippen molar-refractivity contribution in [1.82, 2.24) is 10.1 Å². The van der Waals surface area contributed by atoms with Crippen LogP contribution >= 0.6 is 0 Å². The lowest BCUT2D eigenvalue weighted by Crippen LogP contribution is -2.24. The summed E-state index contributed by atoms with van der Waals surface area (Å²) in [4.78, 5) is 2.28. The first-order valence-corrected chi connectivity index (χ1v) is 4.90. The van der Waals surface area contributed by atoms with E-state index in [0.29, 0.717) is 0 Å². The third kappa shape index (κ3) is 3.34. The molecule has 1 aromatic rings. The van der Waals surface area contributed by atoms with E-state index in [1.807, 2.05) is 19.9 Å². The molecule has 0 fully saturated rings. The van der Waals surface area contributed by atoms with Gasteiger partial charge in [-0.2, -0.15) is 0 Å². The monoisotopic (exact) mass is 194 g/mol. The highest BCUT2D eigenvalue weighted by Crippen LogP contribution is 2.06.